The van der Waals surface area contributed by atoms with Crippen molar-refractivity contribution in [3.63, 3.8) is 0 Å². The van der Waals surface area contributed by atoms with Gasteiger partial charge >= 0.3 is 0 Å². The lowest BCUT2D eigenvalue weighted by Crippen LogP contribution is -2.61. The van der Waals surface area contributed by atoms with Gasteiger partial charge in [0.25, 0.3) is 0 Å². The third-order valence-electron chi connectivity index (χ3n) is 7.80. The standard InChI is InChI=1S/C25H42BrN3O4S/c1-9-13(2)15(11-30)29-19(21(32)28-24(6,7)12-23(3,4)5)25-10-14(26)18(34-25)16(20(31)27-8)17(25)22(29)33/h13-19,30H,9-12H2,1-8H3,(H,27,31)(H,28,32)/t13-,14?,15-,16-,17-,18-,19?,25?/m0/s1. The molecule has 2 bridgehead atoms. The summed E-state index contributed by atoms with van der Waals surface area (Å²) in [6.45, 7) is 14.3. The number of aliphatic hydroxyl groups excluding tert-OH is 1. The molecule has 0 aromatic carbocycles. The third-order valence-corrected chi connectivity index (χ3v) is 11.0. The van der Waals surface area contributed by atoms with Gasteiger partial charge in [-0.15, -0.1) is 11.8 Å². The van der Waals surface area contributed by atoms with Crippen molar-refractivity contribution in [2.75, 3.05) is 13.7 Å². The fraction of sp³-hybridized carbons (Fsp3) is 0.880. The van der Waals surface area contributed by atoms with Crippen LogP contribution in [-0.2, 0) is 14.4 Å². The van der Waals surface area contributed by atoms with Gasteiger partial charge in [0.15, 0.2) is 0 Å². The molecule has 3 saturated heterocycles. The normalized spacial score (nSPS) is 34.7. The van der Waals surface area contributed by atoms with Gasteiger partial charge in [-0.1, -0.05) is 57.0 Å². The number of nitrogens with zero attached hydrogens (tertiary/aromatic N) is 1. The number of aliphatic hydroxyl groups is 1. The number of halogens is 1. The van der Waals surface area contributed by atoms with Gasteiger partial charge in [-0.2, -0.15) is 0 Å². The second kappa shape index (κ2) is 9.58. The Morgan fingerprint density at radius 1 is 1.26 bits per heavy atom. The Balaban J connectivity index is 2.08. The van der Waals surface area contributed by atoms with Gasteiger partial charge in [0.2, 0.25) is 17.7 Å². The summed E-state index contributed by atoms with van der Waals surface area (Å²) in [5.41, 5.74) is -0.460. The summed E-state index contributed by atoms with van der Waals surface area (Å²) in [6, 6.07) is -1.21. The molecule has 3 N–H and O–H groups in total. The number of fused-ring (bicyclic) bond motifs is 1. The van der Waals surface area contributed by atoms with Gasteiger partial charge in [0, 0.05) is 22.7 Å². The van der Waals surface area contributed by atoms with Crippen LogP contribution in [0.25, 0.3) is 0 Å². The molecule has 0 radical (unpaired) electrons. The summed E-state index contributed by atoms with van der Waals surface area (Å²) in [5.74, 6) is -1.56. The molecule has 3 aliphatic rings. The number of likely N-dealkylation sites (tertiary alicyclic amines) is 1. The zero-order valence-corrected chi connectivity index (χ0v) is 24.2. The van der Waals surface area contributed by atoms with E-state index in [1.165, 1.54) is 0 Å². The molecule has 3 unspecified atom stereocenters. The van der Waals surface area contributed by atoms with Crippen LogP contribution < -0.4 is 10.6 Å². The third kappa shape index (κ3) is 4.65. The number of rotatable bonds is 8. The molecule has 0 saturated carbocycles. The van der Waals surface area contributed by atoms with Crippen LogP contribution >= 0.6 is 27.7 Å². The van der Waals surface area contributed by atoms with Crippen LogP contribution in [0.5, 0.6) is 0 Å². The van der Waals surface area contributed by atoms with E-state index >= 15 is 0 Å². The molecule has 194 valence electrons. The van der Waals surface area contributed by atoms with E-state index in [1.54, 1.807) is 23.7 Å². The first-order valence-electron chi connectivity index (χ1n) is 12.4. The number of hydrogen-bond donors (Lipinski definition) is 3. The summed E-state index contributed by atoms with van der Waals surface area (Å²) < 4.78 is -0.699. The number of amides is 3. The zero-order valence-electron chi connectivity index (χ0n) is 21.8. The lowest BCUT2D eigenvalue weighted by Gasteiger charge is -2.41. The van der Waals surface area contributed by atoms with E-state index in [4.69, 9.17) is 0 Å². The quantitative estimate of drug-likeness (QED) is 0.397. The second-order valence-electron chi connectivity index (χ2n) is 12.3. The van der Waals surface area contributed by atoms with E-state index < -0.39 is 34.2 Å². The summed E-state index contributed by atoms with van der Waals surface area (Å²) in [6.07, 6.45) is 2.18. The van der Waals surface area contributed by atoms with Crippen molar-refractivity contribution in [2.45, 2.75) is 100 Å². The SMILES string of the molecule is CC[C@H](C)[C@H](CO)N1C(=O)[C@@H]2[C@H](C(=O)NC)[C@H]3SC2(CC3Br)C1C(=O)NC(C)(C)CC(C)(C)C. The lowest BCUT2D eigenvalue weighted by molar-refractivity contribution is -0.144. The van der Waals surface area contributed by atoms with Gasteiger partial charge in [-0.3, -0.25) is 14.4 Å². The predicted molar refractivity (Wildman–Crippen MR) is 140 cm³/mol. The molecule has 0 aliphatic carbocycles. The average molecular weight is 561 g/mol. The van der Waals surface area contributed by atoms with E-state index in [-0.39, 0.29) is 45.7 Å². The van der Waals surface area contributed by atoms with Crippen molar-refractivity contribution in [3.05, 3.63) is 0 Å². The highest BCUT2D eigenvalue weighted by molar-refractivity contribution is 9.09. The van der Waals surface area contributed by atoms with E-state index in [2.05, 4.69) is 47.3 Å². The van der Waals surface area contributed by atoms with Crippen LogP contribution in [0.2, 0.25) is 0 Å². The van der Waals surface area contributed by atoms with Gasteiger partial charge in [-0.25, -0.2) is 0 Å². The monoisotopic (exact) mass is 559 g/mol. The first kappa shape index (κ1) is 27.8. The smallest absolute Gasteiger partial charge is 0.244 e. The molecule has 3 amide bonds. The first-order valence-corrected chi connectivity index (χ1v) is 14.2. The van der Waals surface area contributed by atoms with Crippen LogP contribution in [0.15, 0.2) is 0 Å². The molecular weight excluding hydrogens is 518 g/mol. The van der Waals surface area contributed by atoms with Crippen molar-refractivity contribution in [2.24, 2.45) is 23.2 Å². The van der Waals surface area contributed by atoms with Crippen LogP contribution in [-0.4, -0.2) is 73.8 Å². The van der Waals surface area contributed by atoms with Crippen molar-refractivity contribution >= 4 is 45.4 Å². The van der Waals surface area contributed by atoms with Crippen molar-refractivity contribution in [1.82, 2.24) is 15.5 Å². The Labute approximate surface area is 217 Å². The number of hydrogen-bond acceptors (Lipinski definition) is 5. The minimum absolute atomic E-state index is 0.0129. The zero-order chi connectivity index (χ0) is 25.8. The molecule has 7 nitrogen and oxygen atoms in total. The molecule has 1 spiro atoms. The van der Waals surface area contributed by atoms with Crippen LogP contribution in [0, 0.1) is 23.2 Å². The Hall–Kier alpha value is -0.800. The van der Waals surface area contributed by atoms with E-state index in [0.29, 0.717) is 6.42 Å². The van der Waals surface area contributed by atoms with Gasteiger partial charge in [0.05, 0.1) is 29.2 Å². The average Bonchev–Trinajstić information content (AvgIpc) is 3.29. The van der Waals surface area contributed by atoms with E-state index in [0.717, 1.165) is 12.8 Å². The van der Waals surface area contributed by atoms with Crippen LogP contribution in [0.3, 0.4) is 0 Å². The molecule has 34 heavy (non-hydrogen) atoms. The van der Waals surface area contributed by atoms with Gasteiger partial charge in [-0.05, 0) is 38.0 Å². The second-order valence-corrected chi connectivity index (χ2v) is 15.0. The van der Waals surface area contributed by atoms with Crippen molar-refractivity contribution in [1.29, 1.82) is 0 Å². The van der Waals surface area contributed by atoms with E-state index in [1.807, 2.05) is 27.7 Å². The molecule has 0 aromatic rings. The summed E-state index contributed by atoms with van der Waals surface area (Å²) in [5, 5.41) is 16.3. The van der Waals surface area contributed by atoms with Gasteiger partial charge < -0.3 is 20.6 Å². The summed E-state index contributed by atoms with van der Waals surface area (Å²) >= 11 is 5.39. The molecule has 3 rings (SSSR count). The molecule has 3 heterocycles. The summed E-state index contributed by atoms with van der Waals surface area (Å²) in [7, 11) is 1.60. The maximum Gasteiger partial charge on any atom is 0.244 e. The minimum Gasteiger partial charge on any atom is -0.394 e. The Morgan fingerprint density at radius 3 is 2.38 bits per heavy atom. The highest BCUT2D eigenvalue weighted by atomic mass is 79.9. The topological polar surface area (TPSA) is 98.7 Å². The largest absolute Gasteiger partial charge is 0.394 e. The highest BCUT2D eigenvalue weighted by Gasteiger charge is 2.76. The van der Waals surface area contributed by atoms with Crippen molar-refractivity contribution < 1.29 is 19.5 Å². The maximum atomic E-state index is 14.1. The van der Waals surface area contributed by atoms with Gasteiger partial charge in [0.1, 0.15) is 6.04 Å². The molecule has 3 fully saturated rings. The van der Waals surface area contributed by atoms with Crippen LogP contribution in [0.1, 0.15) is 67.7 Å². The Kier molecular flexibility index (Phi) is 7.83. The lowest BCUT2D eigenvalue weighted by atomic mass is 9.70. The number of nitrogens with one attached hydrogen (secondary N) is 2. The highest BCUT2D eigenvalue weighted by Crippen LogP contribution is 2.68. The minimum atomic E-state index is -0.736. The Bertz CT molecular complexity index is 831. The predicted octanol–water partition coefficient (Wildman–Crippen LogP) is 2.94. The van der Waals surface area contributed by atoms with E-state index in [9.17, 15) is 19.5 Å². The van der Waals surface area contributed by atoms with Crippen LogP contribution in [0.4, 0.5) is 0 Å². The number of carbonyl (C=O) groups excluding carboxylic acids is 3. The summed E-state index contributed by atoms with van der Waals surface area (Å²) in [4.78, 5) is 42.8. The molecule has 3 aliphatic heterocycles. The molecule has 9 heteroatoms. The molecule has 0 aromatic heterocycles. The number of carbonyl (C=O) groups is 3. The Morgan fingerprint density at radius 2 is 1.88 bits per heavy atom. The molecular formula is C25H42BrN3O4S. The first-order chi connectivity index (χ1) is 15.6. The fourth-order valence-electron chi connectivity index (χ4n) is 6.78. The number of thioether (sulfide) groups is 1. The maximum absolute atomic E-state index is 14.1. The van der Waals surface area contributed by atoms with Crippen molar-refractivity contribution in [3.8, 4) is 0 Å². The molecule has 8 atom stereocenters. The fourth-order valence-corrected chi connectivity index (χ4v) is 10.4. The number of alkyl halides is 1.